The summed E-state index contributed by atoms with van der Waals surface area (Å²) < 4.78 is 0. The van der Waals surface area contributed by atoms with Crippen molar-refractivity contribution in [3.8, 4) is 11.5 Å². The van der Waals surface area contributed by atoms with Crippen molar-refractivity contribution >= 4 is 0 Å². The molecule has 0 fully saturated rings. The van der Waals surface area contributed by atoms with Gasteiger partial charge in [-0.15, -0.1) is 0 Å². The first-order chi connectivity index (χ1) is 13.1. The highest BCUT2D eigenvalue weighted by Crippen LogP contribution is 2.39. The molecule has 0 amide bonds. The summed E-state index contributed by atoms with van der Waals surface area (Å²) >= 11 is 0. The number of benzene rings is 2. The lowest BCUT2D eigenvalue weighted by atomic mass is 9.79. The minimum Gasteiger partial charge on any atom is -0.508 e. The molecule has 0 spiro atoms. The Bertz CT molecular complexity index is 801. The van der Waals surface area contributed by atoms with Crippen LogP contribution in [0.1, 0.15) is 114 Å². The molecule has 0 saturated heterocycles. The molecule has 0 atom stereocenters. The maximum absolute atomic E-state index is 10.7. The van der Waals surface area contributed by atoms with Crippen LogP contribution in [0.3, 0.4) is 0 Å². The first-order valence-corrected chi connectivity index (χ1v) is 10.9. The van der Waals surface area contributed by atoms with Gasteiger partial charge in [0.05, 0.1) is 0 Å². The zero-order valence-corrected chi connectivity index (χ0v) is 20.1. The molecular weight excluding hydrogens is 356 g/mol. The van der Waals surface area contributed by atoms with Crippen LogP contribution in [0.5, 0.6) is 11.5 Å². The SMILES string of the molecule is CC(C)c1cc(O)c(C(C)(C)C)cc1Cc1cc(C(C)(C)C)c(O)cc1C(C)C. The first-order valence-electron chi connectivity index (χ1n) is 10.9. The smallest absolute Gasteiger partial charge is 0.119 e. The quantitative estimate of drug-likeness (QED) is 0.560. The average Bonchev–Trinajstić information content (AvgIpc) is 2.54. The van der Waals surface area contributed by atoms with Crippen LogP contribution in [0.15, 0.2) is 24.3 Å². The second kappa shape index (κ2) is 8.05. The van der Waals surface area contributed by atoms with Gasteiger partial charge in [0.15, 0.2) is 0 Å². The number of phenolic OH excluding ortho intramolecular Hbond substituents is 2. The van der Waals surface area contributed by atoms with Crippen molar-refractivity contribution in [3.05, 3.63) is 57.6 Å². The summed E-state index contributed by atoms with van der Waals surface area (Å²) in [5, 5.41) is 21.3. The Hall–Kier alpha value is -1.96. The van der Waals surface area contributed by atoms with E-state index in [4.69, 9.17) is 0 Å². The number of hydrogen-bond acceptors (Lipinski definition) is 2. The molecule has 0 saturated carbocycles. The van der Waals surface area contributed by atoms with Crippen LogP contribution < -0.4 is 0 Å². The molecule has 0 aliphatic heterocycles. The number of hydrogen-bond donors (Lipinski definition) is 2. The summed E-state index contributed by atoms with van der Waals surface area (Å²) in [5.41, 5.74) is 6.62. The molecule has 0 radical (unpaired) electrons. The van der Waals surface area contributed by atoms with E-state index >= 15 is 0 Å². The molecule has 2 heteroatoms. The standard InChI is InChI=1S/C27H40O2/c1-16(2)20-14-24(28)22(26(5,6)7)12-18(20)11-19-13-23(27(8,9)10)25(29)15-21(19)17(3)4/h12-17,28-29H,11H2,1-10H3. The second-order valence-electron chi connectivity index (χ2n) is 11.1. The molecule has 0 unspecified atom stereocenters. The lowest BCUT2D eigenvalue weighted by molar-refractivity contribution is 0.445. The van der Waals surface area contributed by atoms with E-state index in [1.807, 2.05) is 12.1 Å². The van der Waals surface area contributed by atoms with Crippen molar-refractivity contribution in [1.82, 2.24) is 0 Å². The summed E-state index contributed by atoms with van der Waals surface area (Å²) in [6, 6.07) is 8.30. The fraction of sp³-hybridized carbons (Fsp3) is 0.556. The Kier molecular flexibility index (Phi) is 6.47. The van der Waals surface area contributed by atoms with E-state index in [0.29, 0.717) is 23.3 Å². The molecule has 2 N–H and O–H groups in total. The van der Waals surface area contributed by atoms with Gasteiger partial charge < -0.3 is 10.2 Å². The lowest BCUT2D eigenvalue weighted by Crippen LogP contribution is -2.15. The third kappa shape index (κ3) is 5.15. The maximum atomic E-state index is 10.7. The second-order valence-corrected chi connectivity index (χ2v) is 11.1. The van der Waals surface area contributed by atoms with E-state index in [0.717, 1.165) is 17.5 Å². The zero-order chi connectivity index (χ0) is 22.3. The van der Waals surface area contributed by atoms with E-state index in [1.165, 1.54) is 22.3 Å². The Labute approximate surface area is 178 Å². The van der Waals surface area contributed by atoms with E-state index in [9.17, 15) is 10.2 Å². The summed E-state index contributed by atoms with van der Waals surface area (Å²) in [6.45, 7) is 21.5. The van der Waals surface area contributed by atoms with Crippen molar-refractivity contribution in [1.29, 1.82) is 0 Å². The van der Waals surface area contributed by atoms with Gasteiger partial charge in [-0.3, -0.25) is 0 Å². The molecule has 2 aromatic carbocycles. The van der Waals surface area contributed by atoms with E-state index in [1.54, 1.807) is 0 Å². The van der Waals surface area contributed by atoms with Gasteiger partial charge in [-0.2, -0.15) is 0 Å². The summed E-state index contributed by atoms with van der Waals surface area (Å²) in [6.07, 6.45) is 0.799. The highest BCUT2D eigenvalue weighted by molar-refractivity contribution is 5.51. The van der Waals surface area contributed by atoms with Crippen LogP contribution in [-0.2, 0) is 17.3 Å². The molecule has 0 heterocycles. The largest absolute Gasteiger partial charge is 0.508 e. The third-order valence-corrected chi connectivity index (χ3v) is 5.76. The molecule has 29 heavy (non-hydrogen) atoms. The van der Waals surface area contributed by atoms with Crippen LogP contribution in [0.4, 0.5) is 0 Å². The van der Waals surface area contributed by atoms with Crippen LogP contribution in [0.2, 0.25) is 0 Å². The van der Waals surface area contributed by atoms with Crippen molar-refractivity contribution in [2.24, 2.45) is 0 Å². The highest BCUT2D eigenvalue weighted by atomic mass is 16.3. The predicted molar refractivity (Wildman–Crippen MR) is 125 cm³/mol. The minimum absolute atomic E-state index is 0.124. The van der Waals surface area contributed by atoms with Gasteiger partial charge in [0.25, 0.3) is 0 Å². The predicted octanol–water partition coefficient (Wildman–Crippen LogP) is 7.53. The summed E-state index contributed by atoms with van der Waals surface area (Å²) in [7, 11) is 0. The Morgan fingerprint density at radius 3 is 1.17 bits per heavy atom. The van der Waals surface area contributed by atoms with E-state index < -0.39 is 0 Å². The first kappa shape index (κ1) is 23.3. The topological polar surface area (TPSA) is 40.5 Å². The molecule has 160 valence electrons. The fourth-order valence-electron chi connectivity index (χ4n) is 4.09. The Morgan fingerprint density at radius 2 is 0.931 bits per heavy atom. The molecule has 0 aliphatic carbocycles. The fourth-order valence-corrected chi connectivity index (χ4v) is 4.09. The third-order valence-electron chi connectivity index (χ3n) is 5.76. The monoisotopic (exact) mass is 396 g/mol. The summed E-state index contributed by atoms with van der Waals surface area (Å²) in [5.74, 6) is 1.42. The van der Waals surface area contributed by atoms with Gasteiger partial charge in [-0.05, 0) is 74.6 Å². The van der Waals surface area contributed by atoms with E-state index in [2.05, 4.69) is 81.4 Å². The molecule has 0 aliphatic rings. The summed E-state index contributed by atoms with van der Waals surface area (Å²) in [4.78, 5) is 0. The Morgan fingerprint density at radius 1 is 0.621 bits per heavy atom. The van der Waals surface area contributed by atoms with Crippen LogP contribution >= 0.6 is 0 Å². The van der Waals surface area contributed by atoms with Crippen molar-refractivity contribution in [3.63, 3.8) is 0 Å². The zero-order valence-electron chi connectivity index (χ0n) is 20.1. The van der Waals surface area contributed by atoms with Gasteiger partial charge in [0, 0.05) is 0 Å². The average molecular weight is 397 g/mol. The number of aromatic hydroxyl groups is 2. The molecule has 0 aromatic heterocycles. The van der Waals surface area contributed by atoms with Crippen LogP contribution in [-0.4, -0.2) is 10.2 Å². The molecule has 2 aromatic rings. The van der Waals surface area contributed by atoms with Gasteiger partial charge >= 0.3 is 0 Å². The van der Waals surface area contributed by atoms with Gasteiger partial charge in [-0.25, -0.2) is 0 Å². The van der Waals surface area contributed by atoms with Crippen LogP contribution in [0.25, 0.3) is 0 Å². The molecule has 2 rings (SSSR count). The van der Waals surface area contributed by atoms with Gasteiger partial charge in [0.2, 0.25) is 0 Å². The molecule has 0 bridgehead atoms. The van der Waals surface area contributed by atoms with Gasteiger partial charge in [-0.1, -0.05) is 81.4 Å². The minimum atomic E-state index is -0.124. The van der Waals surface area contributed by atoms with Crippen molar-refractivity contribution in [2.75, 3.05) is 0 Å². The molecule has 2 nitrogen and oxygen atoms in total. The van der Waals surface area contributed by atoms with Crippen molar-refractivity contribution in [2.45, 2.75) is 98.3 Å². The van der Waals surface area contributed by atoms with E-state index in [-0.39, 0.29) is 10.8 Å². The molecular formula is C27H40O2. The maximum Gasteiger partial charge on any atom is 0.119 e. The number of phenols is 2. The number of rotatable bonds is 4. The Balaban J connectivity index is 2.72. The normalized spacial score (nSPS) is 12.8. The van der Waals surface area contributed by atoms with Gasteiger partial charge in [0.1, 0.15) is 11.5 Å². The highest BCUT2D eigenvalue weighted by Gasteiger charge is 2.24. The van der Waals surface area contributed by atoms with Crippen molar-refractivity contribution < 1.29 is 10.2 Å². The lowest BCUT2D eigenvalue weighted by Gasteiger charge is -2.26. The van der Waals surface area contributed by atoms with Crippen LogP contribution in [0, 0.1) is 0 Å².